The summed E-state index contributed by atoms with van der Waals surface area (Å²) in [7, 11) is 0. The minimum atomic E-state index is -0.661. The number of aryl methyl sites for hydroxylation is 1. The lowest BCUT2D eigenvalue weighted by atomic mass is 10.1. The molecule has 0 radical (unpaired) electrons. The maximum Gasteiger partial charge on any atom is 0.137 e. The van der Waals surface area contributed by atoms with Gasteiger partial charge in [0, 0.05) is 17.8 Å². The number of pyridine rings is 1. The molecule has 90 valence electrons. The first-order chi connectivity index (χ1) is 8.08. The van der Waals surface area contributed by atoms with Gasteiger partial charge in [-0.1, -0.05) is 6.92 Å². The summed E-state index contributed by atoms with van der Waals surface area (Å²) >= 11 is 0. The highest BCUT2D eigenvalue weighted by atomic mass is 19.1. The highest BCUT2D eigenvalue weighted by Crippen LogP contribution is 2.30. The standard InChI is InChI=1S/C12H13F2N3/c1-3-9-6(2)12(17-15)11-8(14)4-7(13)5-10(11)16-9/h4-5H,3,15H2,1-2H3,(H,16,17). The molecule has 0 saturated heterocycles. The zero-order valence-electron chi connectivity index (χ0n) is 9.64. The van der Waals surface area contributed by atoms with Crippen LogP contribution in [-0.4, -0.2) is 4.98 Å². The first-order valence-electron chi connectivity index (χ1n) is 5.33. The summed E-state index contributed by atoms with van der Waals surface area (Å²) in [6.45, 7) is 3.74. The Morgan fingerprint density at radius 3 is 2.65 bits per heavy atom. The van der Waals surface area contributed by atoms with E-state index in [2.05, 4.69) is 10.4 Å². The fourth-order valence-electron chi connectivity index (χ4n) is 1.98. The van der Waals surface area contributed by atoms with Crippen molar-refractivity contribution in [3.8, 4) is 0 Å². The molecule has 17 heavy (non-hydrogen) atoms. The summed E-state index contributed by atoms with van der Waals surface area (Å²) in [5.41, 5.74) is 4.77. The Labute approximate surface area is 97.6 Å². The van der Waals surface area contributed by atoms with Crippen LogP contribution in [0.3, 0.4) is 0 Å². The van der Waals surface area contributed by atoms with Gasteiger partial charge in [-0.2, -0.15) is 0 Å². The molecule has 1 aromatic heterocycles. The third kappa shape index (κ3) is 1.82. The molecule has 1 heterocycles. The van der Waals surface area contributed by atoms with E-state index in [1.807, 2.05) is 13.8 Å². The number of hydrogen-bond acceptors (Lipinski definition) is 3. The van der Waals surface area contributed by atoms with Gasteiger partial charge in [0.1, 0.15) is 11.6 Å². The van der Waals surface area contributed by atoms with E-state index in [1.165, 1.54) is 6.07 Å². The number of benzene rings is 1. The molecule has 0 saturated carbocycles. The highest BCUT2D eigenvalue weighted by molar-refractivity contribution is 5.93. The molecule has 0 amide bonds. The first-order valence-corrected chi connectivity index (χ1v) is 5.33. The van der Waals surface area contributed by atoms with Crippen LogP contribution >= 0.6 is 0 Å². The molecular weight excluding hydrogens is 224 g/mol. The minimum absolute atomic E-state index is 0.226. The van der Waals surface area contributed by atoms with Crippen LogP contribution in [0.2, 0.25) is 0 Å². The van der Waals surface area contributed by atoms with Gasteiger partial charge in [-0.15, -0.1) is 0 Å². The number of nitrogens with two attached hydrogens (primary N) is 1. The largest absolute Gasteiger partial charge is 0.323 e. The highest BCUT2D eigenvalue weighted by Gasteiger charge is 2.14. The molecule has 0 atom stereocenters. The van der Waals surface area contributed by atoms with Crippen LogP contribution in [0, 0.1) is 18.6 Å². The monoisotopic (exact) mass is 237 g/mol. The van der Waals surface area contributed by atoms with Gasteiger partial charge >= 0.3 is 0 Å². The van der Waals surface area contributed by atoms with E-state index >= 15 is 0 Å². The van der Waals surface area contributed by atoms with Gasteiger partial charge in [-0.3, -0.25) is 10.8 Å². The summed E-state index contributed by atoms with van der Waals surface area (Å²) in [6, 6.07) is 2.04. The Morgan fingerprint density at radius 1 is 1.35 bits per heavy atom. The van der Waals surface area contributed by atoms with Crippen molar-refractivity contribution < 1.29 is 8.78 Å². The van der Waals surface area contributed by atoms with Crippen LogP contribution in [0.4, 0.5) is 14.5 Å². The smallest absolute Gasteiger partial charge is 0.137 e. The zero-order chi connectivity index (χ0) is 12.6. The van der Waals surface area contributed by atoms with Crippen molar-refractivity contribution >= 4 is 16.6 Å². The van der Waals surface area contributed by atoms with Crippen LogP contribution < -0.4 is 11.3 Å². The number of hydrazine groups is 1. The second-order valence-electron chi connectivity index (χ2n) is 3.84. The summed E-state index contributed by atoms with van der Waals surface area (Å²) in [4.78, 5) is 4.25. The third-order valence-corrected chi connectivity index (χ3v) is 2.83. The summed E-state index contributed by atoms with van der Waals surface area (Å²) < 4.78 is 26.9. The van der Waals surface area contributed by atoms with E-state index in [0.717, 1.165) is 17.3 Å². The first kappa shape index (κ1) is 11.7. The maximum atomic E-state index is 13.7. The minimum Gasteiger partial charge on any atom is -0.323 e. The number of halogens is 2. The molecule has 0 aliphatic rings. The number of nitrogen functional groups attached to an aromatic ring is 1. The van der Waals surface area contributed by atoms with E-state index < -0.39 is 11.6 Å². The molecule has 0 spiro atoms. The number of nitrogens with one attached hydrogen (secondary N) is 1. The molecule has 3 nitrogen and oxygen atoms in total. The fourth-order valence-corrected chi connectivity index (χ4v) is 1.98. The van der Waals surface area contributed by atoms with Gasteiger partial charge in [0.25, 0.3) is 0 Å². The number of anilines is 1. The molecule has 0 aliphatic carbocycles. The predicted octanol–water partition coefficient (Wildman–Crippen LogP) is 2.67. The van der Waals surface area contributed by atoms with Crippen LogP contribution in [-0.2, 0) is 6.42 Å². The fraction of sp³-hybridized carbons (Fsp3) is 0.250. The van der Waals surface area contributed by atoms with Gasteiger partial charge in [0.05, 0.1) is 16.6 Å². The van der Waals surface area contributed by atoms with Crippen molar-refractivity contribution in [2.24, 2.45) is 5.84 Å². The average Bonchev–Trinajstić information content (AvgIpc) is 2.29. The molecule has 0 aliphatic heterocycles. The lowest BCUT2D eigenvalue weighted by Crippen LogP contribution is -2.11. The molecule has 2 aromatic rings. The number of fused-ring (bicyclic) bond motifs is 1. The number of nitrogens with zero attached hydrogens (tertiary/aromatic N) is 1. The molecule has 2 rings (SSSR count). The van der Waals surface area contributed by atoms with E-state index in [9.17, 15) is 8.78 Å². The molecular formula is C12H13F2N3. The Morgan fingerprint density at radius 2 is 2.06 bits per heavy atom. The lowest BCUT2D eigenvalue weighted by molar-refractivity contribution is 0.591. The van der Waals surface area contributed by atoms with Gasteiger partial charge in [-0.05, 0) is 18.9 Å². The summed E-state index contributed by atoms with van der Waals surface area (Å²) in [5, 5.41) is 0.226. The number of rotatable bonds is 2. The SMILES string of the molecule is CCc1nc2cc(F)cc(F)c2c(NN)c1C. The predicted molar refractivity (Wildman–Crippen MR) is 63.6 cm³/mol. The van der Waals surface area contributed by atoms with Gasteiger partial charge in [-0.25, -0.2) is 8.78 Å². The van der Waals surface area contributed by atoms with Gasteiger partial charge in [0.15, 0.2) is 0 Å². The zero-order valence-corrected chi connectivity index (χ0v) is 9.64. The molecule has 0 fully saturated rings. The number of aromatic nitrogens is 1. The summed E-state index contributed by atoms with van der Waals surface area (Å²) in [6.07, 6.45) is 0.675. The second-order valence-corrected chi connectivity index (χ2v) is 3.84. The van der Waals surface area contributed by atoms with Gasteiger partial charge in [0.2, 0.25) is 0 Å². The molecule has 0 bridgehead atoms. The number of hydrogen-bond donors (Lipinski definition) is 2. The molecule has 3 N–H and O–H groups in total. The van der Waals surface area contributed by atoms with E-state index in [4.69, 9.17) is 5.84 Å². The van der Waals surface area contributed by atoms with Crippen molar-refractivity contribution in [3.63, 3.8) is 0 Å². The van der Waals surface area contributed by atoms with Crippen LogP contribution in [0.25, 0.3) is 10.9 Å². The third-order valence-electron chi connectivity index (χ3n) is 2.83. The van der Waals surface area contributed by atoms with Crippen molar-refractivity contribution in [1.29, 1.82) is 0 Å². The Balaban J connectivity index is 2.92. The normalized spacial score (nSPS) is 10.9. The molecule has 1 aromatic carbocycles. The van der Waals surface area contributed by atoms with E-state index in [-0.39, 0.29) is 10.9 Å². The van der Waals surface area contributed by atoms with Crippen LogP contribution in [0.5, 0.6) is 0 Å². The molecule has 5 heteroatoms. The van der Waals surface area contributed by atoms with Crippen molar-refractivity contribution in [2.45, 2.75) is 20.3 Å². The van der Waals surface area contributed by atoms with Crippen molar-refractivity contribution in [3.05, 3.63) is 35.0 Å². The van der Waals surface area contributed by atoms with Crippen LogP contribution in [0.1, 0.15) is 18.2 Å². The van der Waals surface area contributed by atoms with Gasteiger partial charge < -0.3 is 5.43 Å². The Kier molecular flexibility index (Phi) is 2.93. The van der Waals surface area contributed by atoms with E-state index in [0.29, 0.717) is 12.1 Å². The Bertz CT molecular complexity index is 582. The van der Waals surface area contributed by atoms with Crippen molar-refractivity contribution in [1.82, 2.24) is 4.98 Å². The lowest BCUT2D eigenvalue weighted by Gasteiger charge is -2.13. The van der Waals surface area contributed by atoms with Crippen molar-refractivity contribution in [2.75, 3.05) is 5.43 Å². The van der Waals surface area contributed by atoms with E-state index in [1.54, 1.807) is 0 Å². The average molecular weight is 237 g/mol. The molecule has 0 unspecified atom stereocenters. The van der Waals surface area contributed by atoms with Crippen LogP contribution in [0.15, 0.2) is 12.1 Å². The quantitative estimate of drug-likeness (QED) is 0.623. The topological polar surface area (TPSA) is 50.9 Å². The summed E-state index contributed by atoms with van der Waals surface area (Å²) in [5.74, 6) is 4.11. The maximum absolute atomic E-state index is 13.7. The second kappa shape index (κ2) is 4.25. The Hall–Kier alpha value is -1.75.